The van der Waals surface area contributed by atoms with Crippen LogP contribution in [0.2, 0.25) is 0 Å². The summed E-state index contributed by atoms with van der Waals surface area (Å²) in [5, 5.41) is 0. The maximum Gasteiger partial charge on any atom is 0.256 e. The van der Waals surface area contributed by atoms with E-state index in [9.17, 15) is 4.79 Å². The number of carbonyl (C=O) groups is 1. The number of carbonyl (C=O) groups excluding carboxylic acids is 1. The van der Waals surface area contributed by atoms with Crippen LogP contribution in [0.25, 0.3) is 11.0 Å². The minimum absolute atomic E-state index is 0.0762. The summed E-state index contributed by atoms with van der Waals surface area (Å²) >= 11 is 0. The first-order valence-electron chi connectivity index (χ1n) is 7.95. The average molecular weight is 306 g/mol. The fourth-order valence-electron chi connectivity index (χ4n) is 3.27. The molecule has 3 aromatic rings. The molecule has 5 nitrogen and oxygen atoms in total. The maximum absolute atomic E-state index is 12.4. The van der Waals surface area contributed by atoms with E-state index in [2.05, 4.69) is 22.5 Å². The number of aryl methyl sites for hydroxylation is 1. The predicted octanol–water partition coefficient (Wildman–Crippen LogP) is 2.65. The van der Waals surface area contributed by atoms with Gasteiger partial charge in [-0.1, -0.05) is 12.1 Å². The number of para-hydroxylation sites is 2. The first-order valence-corrected chi connectivity index (χ1v) is 7.95. The molecule has 1 aliphatic heterocycles. The summed E-state index contributed by atoms with van der Waals surface area (Å²) in [6.07, 6.45) is 2.49. The van der Waals surface area contributed by atoms with E-state index in [1.54, 1.807) is 6.20 Å². The topological polar surface area (TPSA) is 51.0 Å². The van der Waals surface area contributed by atoms with E-state index in [4.69, 9.17) is 4.98 Å². The second kappa shape index (κ2) is 5.50. The molecule has 116 valence electrons. The number of fused-ring (bicyclic) bond motifs is 2. The van der Waals surface area contributed by atoms with Gasteiger partial charge in [-0.25, -0.2) is 4.98 Å². The van der Waals surface area contributed by atoms with Crippen LogP contribution < -0.4 is 0 Å². The lowest BCUT2D eigenvalue weighted by Gasteiger charge is -2.15. The van der Waals surface area contributed by atoms with Gasteiger partial charge in [0.25, 0.3) is 5.91 Å². The number of rotatable bonds is 4. The van der Waals surface area contributed by atoms with Crippen LogP contribution in [-0.4, -0.2) is 31.9 Å². The van der Waals surface area contributed by atoms with Crippen molar-refractivity contribution in [3.63, 3.8) is 0 Å². The Bertz CT molecular complexity index is 884. The van der Waals surface area contributed by atoms with Crippen molar-refractivity contribution >= 4 is 16.9 Å². The number of nitrogens with zero attached hydrogens (tertiary/aromatic N) is 4. The molecule has 1 aromatic carbocycles. The van der Waals surface area contributed by atoms with Gasteiger partial charge in [0.2, 0.25) is 0 Å². The standard InChI is InChI=1S/C18H18N4O/c1-2-22-16-8-4-3-7-14(16)20-17(22)9-11-21-12-15-13(18(21)23)6-5-10-19-15/h3-8,10H,2,9,11-12H2,1H3. The summed E-state index contributed by atoms with van der Waals surface area (Å²) < 4.78 is 2.22. The Morgan fingerprint density at radius 2 is 2.04 bits per heavy atom. The van der Waals surface area contributed by atoms with Gasteiger partial charge < -0.3 is 9.47 Å². The van der Waals surface area contributed by atoms with Gasteiger partial charge >= 0.3 is 0 Å². The van der Waals surface area contributed by atoms with Gasteiger partial charge in [-0.15, -0.1) is 0 Å². The lowest BCUT2D eigenvalue weighted by atomic mass is 10.2. The highest BCUT2D eigenvalue weighted by Gasteiger charge is 2.28. The molecule has 0 saturated heterocycles. The summed E-state index contributed by atoms with van der Waals surface area (Å²) in [5.74, 6) is 1.11. The minimum Gasteiger partial charge on any atom is -0.332 e. The quantitative estimate of drug-likeness (QED) is 0.744. The van der Waals surface area contributed by atoms with Crippen LogP contribution in [0.5, 0.6) is 0 Å². The molecule has 4 rings (SSSR count). The summed E-state index contributed by atoms with van der Waals surface area (Å²) in [6.45, 7) is 4.27. The SMILES string of the molecule is CCn1c(CCN2Cc3ncccc3C2=O)nc2ccccc21. The molecule has 5 heteroatoms. The molecular formula is C18H18N4O. The fraction of sp³-hybridized carbons (Fsp3) is 0.278. The van der Waals surface area contributed by atoms with E-state index in [-0.39, 0.29) is 5.91 Å². The lowest BCUT2D eigenvalue weighted by Crippen LogP contribution is -2.27. The van der Waals surface area contributed by atoms with Gasteiger partial charge in [-0.3, -0.25) is 9.78 Å². The number of pyridine rings is 1. The van der Waals surface area contributed by atoms with Crippen LogP contribution in [0.4, 0.5) is 0 Å². The van der Waals surface area contributed by atoms with Gasteiger partial charge in [-0.05, 0) is 31.2 Å². The molecule has 0 N–H and O–H groups in total. The van der Waals surface area contributed by atoms with Crippen LogP contribution >= 0.6 is 0 Å². The second-order valence-electron chi connectivity index (χ2n) is 5.74. The molecule has 0 saturated carbocycles. The number of aromatic nitrogens is 3. The van der Waals surface area contributed by atoms with E-state index in [1.807, 2.05) is 35.2 Å². The maximum atomic E-state index is 12.4. The van der Waals surface area contributed by atoms with Crippen molar-refractivity contribution in [2.24, 2.45) is 0 Å². The number of amides is 1. The normalized spacial score (nSPS) is 13.8. The Balaban J connectivity index is 1.55. The molecule has 0 spiro atoms. The van der Waals surface area contributed by atoms with E-state index >= 15 is 0 Å². The lowest BCUT2D eigenvalue weighted by molar-refractivity contribution is 0.0779. The van der Waals surface area contributed by atoms with Gasteiger partial charge in [0, 0.05) is 25.7 Å². The molecular weight excluding hydrogens is 288 g/mol. The highest BCUT2D eigenvalue weighted by Crippen LogP contribution is 2.21. The predicted molar refractivity (Wildman–Crippen MR) is 88.1 cm³/mol. The Labute approximate surface area is 134 Å². The van der Waals surface area contributed by atoms with Crippen molar-refractivity contribution in [1.29, 1.82) is 0 Å². The summed E-state index contributed by atoms with van der Waals surface area (Å²) in [4.78, 5) is 23.3. The zero-order valence-electron chi connectivity index (χ0n) is 13.1. The van der Waals surface area contributed by atoms with Crippen LogP contribution in [0.1, 0.15) is 28.8 Å². The number of hydrogen-bond donors (Lipinski definition) is 0. The van der Waals surface area contributed by atoms with Crippen molar-refractivity contribution in [2.75, 3.05) is 6.54 Å². The summed E-state index contributed by atoms with van der Waals surface area (Å²) in [6, 6.07) is 11.8. The Hall–Kier alpha value is -2.69. The largest absolute Gasteiger partial charge is 0.332 e. The van der Waals surface area contributed by atoms with Crippen molar-refractivity contribution in [3.05, 3.63) is 59.7 Å². The summed E-state index contributed by atoms with van der Waals surface area (Å²) in [7, 11) is 0. The molecule has 0 fully saturated rings. The third kappa shape index (κ3) is 2.29. The molecule has 2 aromatic heterocycles. The highest BCUT2D eigenvalue weighted by atomic mass is 16.2. The Morgan fingerprint density at radius 3 is 2.87 bits per heavy atom. The first-order chi connectivity index (χ1) is 11.3. The number of imidazole rings is 1. The van der Waals surface area contributed by atoms with Gasteiger partial charge in [-0.2, -0.15) is 0 Å². The van der Waals surface area contributed by atoms with Crippen molar-refractivity contribution in [2.45, 2.75) is 26.4 Å². The Kier molecular flexibility index (Phi) is 3.33. The molecule has 0 aliphatic carbocycles. The zero-order valence-corrected chi connectivity index (χ0v) is 13.1. The van der Waals surface area contributed by atoms with Crippen LogP contribution in [0.3, 0.4) is 0 Å². The monoisotopic (exact) mass is 306 g/mol. The van der Waals surface area contributed by atoms with Gasteiger partial charge in [0.05, 0.1) is 28.8 Å². The van der Waals surface area contributed by atoms with Crippen LogP contribution in [0, 0.1) is 0 Å². The van der Waals surface area contributed by atoms with Crippen molar-refractivity contribution in [3.8, 4) is 0 Å². The van der Waals surface area contributed by atoms with E-state index in [0.29, 0.717) is 13.1 Å². The van der Waals surface area contributed by atoms with Gasteiger partial charge in [0.15, 0.2) is 0 Å². The minimum atomic E-state index is 0.0762. The molecule has 3 heterocycles. The molecule has 0 atom stereocenters. The molecule has 0 unspecified atom stereocenters. The average Bonchev–Trinajstić information content (AvgIpc) is 3.10. The fourth-order valence-corrected chi connectivity index (χ4v) is 3.27. The molecule has 0 radical (unpaired) electrons. The van der Waals surface area contributed by atoms with Crippen LogP contribution in [-0.2, 0) is 19.5 Å². The molecule has 1 amide bonds. The zero-order chi connectivity index (χ0) is 15.8. The smallest absolute Gasteiger partial charge is 0.256 e. The van der Waals surface area contributed by atoms with Gasteiger partial charge in [0.1, 0.15) is 5.82 Å². The van der Waals surface area contributed by atoms with E-state index in [0.717, 1.165) is 41.1 Å². The first kappa shape index (κ1) is 13.9. The molecule has 0 bridgehead atoms. The van der Waals surface area contributed by atoms with E-state index in [1.165, 1.54) is 0 Å². The second-order valence-corrected chi connectivity index (χ2v) is 5.74. The van der Waals surface area contributed by atoms with Crippen LogP contribution in [0.15, 0.2) is 42.6 Å². The van der Waals surface area contributed by atoms with Crippen molar-refractivity contribution < 1.29 is 4.79 Å². The van der Waals surface area contributed by atoms with Crippen molar-refractivity contribution in [1.82, 2.24) is 19.4 Å². The molecule has 1 aliphatic rings. The highest BCUT2D eigenvalue weighted by molar-refractivity contribution is 5.97. The number of benzene rings is 1. The number of hydrogen-bond acceptors (Lipinski definition) is 3. The summed E-state index contributed by atoms with van der Waals surface area (Å²) in [5.41, 5.74) is 3.78. The Morgan fingerprint density at radius 1 is 1.17 bits per heavy atom. The third-order valence-corrected chi connectivity index (χ3v) is 4.40. The van der Waals surface area contributed by atoms with E-state index < -0.39 is 0 Å². The molecule has 23 heavy (non-hydrogen) atoms. The third-order valence-electron chi connectivity index (χ3n) is 4.40.